The van der Waals surface area contributed by atoms with E-state index in [4.69, 9.17) is 5.26 Å². The van der Waals surface area contributed by atoms with Gasteiger partial charge in [-0.2, -0.15) is 5.26 Å². The fourth-order valence-electron chi connectivity index (χ4n) is 1.49. The van der Waals surface area contributed by atoms with Crippen LogP contribution in [0.25, 0.3) is 11.0 Å². The van der Waals surface area contributed by atoms with E-state index in [1.165, 1.54) is 0 Å². The lowest BCUT2D eigenvalue weighted by Gasteiger charge is -2.19. The second-order valence-electron chi connectivity index (χ2n) is 4.49. The first-order valence-electron chi connectivity index (χ1n) is 4.78. The van der Waals surface area contributed by atoms with Gasteiger partial charge in [-0.3, -0.25) is 0 Å². The molecule has 0 aliphatic carbocycles. The Labute approximate surface area is 88.1 Å². The predicted molar refractivity (Wildman–Crippen MR) is 57.2 cm³/mol. The van der Waals surface area contributed by atoms with E-state index in [0.29, 0.717) is 5.56 Å². The van der Waals surface area contributed by atoms with Gasteiger partial charge in [0, 0.05) is 0 Å². The molecule has 4 nitrogen and oxygen atoms in total. The second-order valence-corrected chi connectivity index (χ2v) is 4.49. The molecule has 2 rings (SSSR count). The highest BCUT2D eigenvalue weighted by atomic mass is 15.4. The van der Waals surface area contributed by atoms with Gasteiger partial charge in [-0.25, -0.2) is 4.68 Å². The fraction of sp³-hybridized carbons (Fsp3) is 0.364. The molecule has 4 heteroatoms. The summed E-state index contributed by atoms with van der Waals surface area (Å²) in [7, 11) is 0. The van der Waals surface area contributed by atoms with Gasteiger partial charge in [-0.1, -0.05) is 5.21 Å². The zero-order valence-electron chi connectivity index (χ0n) is 9.02. The minimum absolute atomic E-state index is 0.0943. The summed E-state index contributed by atoms with van der Waals surface area (Å²) >= 11 is 0. The Morgan fingerprint density at radius 3 is 2.67 bits per heavy atom. The van der Waals surface area contributed by atoms with Crippen LogP contribution in [0.1, 0.15) is 26.3 Å². The summed E-state index contributed by atoms with van der Waals surface area (Å²) in [6.07, 6.45) is 0. The van der Waals surface area contributed by atoms with Gasteiger partial charge in [0.15, 0.2) is 0 Å². The third-order valence-corrected chi connectivity index (χ3v) is 2.21. The lowest BCUT2D eigenvalue weighted by molar-refractivity contribution is 0.358. The predicted octanol–water partition coefficient (Wildman–Crippen LogP) is 2.06. The number of nitrogens with zero attached hydrogens (tertiary/aromatic N) is 4. The number of fused-ring (bicyclic) bond motifs is 1. The monoisotopic (exact) mass is 200 g/mol. The van der Waals surface area contributed by atoms with E-state index in [-0.39, 0.29) is 5.54 Å². The summed E-state index contributed by atoms with van der Waals surface area (Å²) in [4.78, 5) is 0. The van der Waals surface area contributed by atoms with Crippen LogP contribution in [0, 0.1) is 11.3 Å². The highest BCUT2D eigenvalue weighted by Gasteiger charge is 2.17. The Bertz CT molecular complexity index is 540. The van der Waals surface area contributed by atoms with E-state index in [2.05, 4.69) is 37.2 Å². The number of hydrogen-bond donors (Lipinski definition) is 0. The molecule has 0 aliphatic heterocycles. The molecule has 0 N–H and O–H groups in total. The molecular weight excluding hydrogens is 188 g/mol. The fourth-order valence-corrected chi connectivity index (χ4v) is 1.49. The molecule has 0 unspecified atom stereocenters. The third-order valence-electron chi connectivity index (χ3n) is 2.21. The zero-order valence-corrected chi connectivity index (χ0v) is 9.02. The van der Waals surface area contributed by atoms with Crippen molar-refractivity contribution >= 4 is 11.0 Å². The van der Waals surface area contributed by atoms with Gasteiger partial charge >= 0.3 is 0 Å². The summed E-state index contributed by atoms with van der Waals surface area (Å²) in [6.45, 7) is 6.21. The first kappa shape index (κ1) is 9.66. The van der Waals surface area contributed by atoms with E-state index in [1.807, 2.05) is 10.7 Å². The van der Waals surface area contributed by atoms with Crippen molar-refractivity contribution in [3.05, 3.63) is 23.8 Å². The van der Waals surface area contributed by atoms with Crippen molar-refractivity contribution in [3.63, 3.8) is 0 Å². The Kier molecular flexibility index (Phi) is 1.97. The van der Waals surface area contributed by atoms with Crippen LogP contribution in [0.15, 0.2) is 18.2 Å². The average Bonchev–Trinajstić information content (AvgIpc) is 2.59. The Morgan fingerprint density at radius 1 is 1.33 bits per heavy atom. The molecule has 0 spiro atoms. The molecule has 0 saturated carbocycles. The molecule has 0 aliphatic rings. The number of nitriles is 1. The maximum Gasteiger partial charge on any atom is 0.114 e. The molecule has 0 radical (unpaired) electrons. The van der Waals surface area contributed by atoms with Crippen LogP contribution in [0.5, 0.6) is 0 Å². The summed E-state index contributed by atoms with van der Waals surface area (Å²) in [5.74, 6) is 0. The second kappa shape index (κ2) is 3.06. The minimum atomic E-state index is -0.0943. The van der Waals surface area contributed by atoms with Crippen molar-refractivity contribution in [3.8, 4) is 6.07 Å². The van der Waals surface area contributed by atoms with Crippen LogP contribution in [-0.4, -0.2) is 15.0 Å². The molecule has 0 fully saturated rings. The lowest BCUT2D eigenvalue weighted by Crippen LogP contribution is -2.22. The molecule has 2 aromatic rings. The molecule has 0 bridgehead atoms. The SMILES string of the molecule is CC(C)(C)n1nnc2cc(C#N)ccc21. The van der Waals surface area contributed by atoms with Crippen LogP contribution in [0.2, 0.25) is 0 Å². The molecule has 15 heavy (non-hydrogen) atoms. The zero-order chi connectivity index (χ0) is 11.1. The van der Waals surface area contributed by atoms with Gasteiger partial charge in [0.05, 0.1) is 22.7 Å². The van der Waals surface area contributed by atoms with Gasteiger partial charge in [0.2, 0.25) is 0 Å². The van der Waals surface area contributed by atoms with E-state index in [9.17, 15) is 0 Å². The highest BCUT2D eigenvalue weighted by Crippen LogP contribution is 2.20. The number of hydrogen-bond acceptors (Lipinski definition) is 3. The van der Waals surface area contributed by atoms with Gasteiger partial charge in [-0.05, 0) is 39.0 Å². The van der Waals surface area contributed by atoms with Gasteiger partial charge in [-0.15, -0.1) is 5.10 Å². The van der Waals surface area contributed by atoms with E-state index in [0.717, 1.165) is 11.0 Å². The molecule has 76 valence electrons. The largest absolute Gasteiger partial charge is 0.239 e. The molecule has 1 aromatic heterocycles. The van der Waals surface area contributed by atoms with Crippen LogP contribution in [0.4, 0.5) is 0 Å². The standard InChI is InChI=1S/C11H12N4/c1-11(2,3)15-10-5-4-8(7-12)6-9(10)13-14-15/h4-6H,1-3H3. The summed E-state index contributed by atoms with van der Waals surface area (Å²) < 4.78 is 1.86. The normalized spacial score (nSPS) is 11.6. The Morgan fingerprint density at radius 2 is 2.07 bits per heavy atom. The number of aromatic nitrogens is 3. The van der Waals surface area contributed by atoms with E-state index < -0.39 is 0 Å². The topological polar surface area (TPSA) is 54.5 Å². The van der Waals surface area contributed by atoms with E-state index in [1.54, 1.807) is 12.1 Å². The Balaban J connectivity index is 2.69. The molecule has 0 saturated heterocycles. The van der Waals surface area contributed by atoms with Crippen molar-refractivity contribution < 1.29 is 0 Å². The van der Waals surface area contributed by atoms with Crippen LogP contribution < -0.4 is 0 Å². The quantitative estimate of drug-likeness (QED) is 0.654. The van der Waals surface area contributed by atoms with Crippen molar-refractivity contribution in [2.24, 2.45) is 0 Å². The Hall–Kier alpha value is -1.89. The van der Waals surface area contributed by atoms with Crippen LogP contribution >= 0.6 is 0 Å². The first-order chi connectivity index (χ1) is 7.02. The maximum atomic E-state index is 8.76. The molecule has 0 amide bonds. The third kappa shape index (κ3) is 1.57. The smallest absolute Gasteiger partial charge is 0.114 e. The van der Waals surface area contributed by atoms with Crippen molar-refractivity contribution in [1.82, 2.24) is 15.0 Å². The maximum absolute atomic E-state index is 8.76. The molecule has 0 atom stereocenters. The van der Waals surface area contributed by atoms with E-state index >= 15 is 0 Å². The minimum Gasteiger partial charge on any atom is -0.239 e. The van der Waals surface area contributed by atoms with Crippen molar-refractivity contribution in [1.29, 1.82) is 5.26 Å². The molecule has 1 heterocycles. The summed E-state index contributed by atoms with van der Waals surface area (Å²) in [6, 6.07) is 7.52. The van der Waals surface area contributed by atoms with Crippen molar-refractivity contribution in [2.45, 2.75) is 26.3 Å². The highest BCUT2D eigenvalue weighted by molar-refractivity contribution is 5.76. The van der Waals surface area contributed by atoms with Crippen LogP contribution in [0.3, 0.4) is 0 Å². The average molecular weight is 200 g/mol. The lowest BCUT2D eigenvalue weighted by atomic mass is 10.1. The van der Waals surface area contributed by atoms with Crippen LogP contribution in [-0.2, 0) is 5.54 Å². The molecular formula is C11H12N4. The van der Waals surface area contributed by atoms with Gasteiger partial charge in [0.1, 0.15) is 5.52 Å². The summed E-state index contributed by atoms with van der Waals surface area (Å²) in [5.41, 5.74) is 2.25. The number of rotatable bonds is 0. The molecule has 1 aromatic carbocycles. The van der Waals surface area contributed by atoms with Crippen molar-refractivity contribution in [2.75, 3.05) is 0 Å². The number of benzene rings is 1. The van der Waals surface area contributed by atoms with Gasteiger partial charge < -0.3 is 0 Å². The van der Waals surface area contributed by atoms with Gasteiger partial charge in [0.25, 0.3) is 0 Å². The summed E-state index contributed by atoms with van der Waals surface area (Å²) in [5, 5.41) is 16.9. The first-order valence-corrected chi connectivity index (χ1v) is 4.78.